The fourth-order valence-corrected chi connectivity index (χ4v) is 1.28. The second-order valence-electron chi connectivity index (χ2n) is 3.02. The number of rotatable bonds is 4. The summed E-state index contributed by atoms with van der Waals surface area (Å²) in [6, 6.07) is 3.47. The minimum absolute atomic E-state index is 0.193. The Balaban J connectivity index is 1.99. The Kier molecular flexibility index (Phi) is 3.36. The molecule has 5 nitrogen and oxygen atoms in total. The molecule has 2 aromatic rings. The third kappa shape index (κ3) is 2.49. The maximum atomic E-state index is 5.82. The number of aryl methyl sites for hydroxylation is 1. The van der Waals surface area contributed by atoms with Crippen LogP contribution in [0.25, 0.3) is 0 Å². The molecule has 2 heterocycles. The van der Waals surface area contributed by atoms with Crippen molar-refractivity contribution in [1.29, 1.82) is 0 Å². The van der Waals surface area contributed by atoms with Gasteiger partial charge in [0.15, 0.2) is 17.5 Å². The van der Waals surface area contributed by atoms with E-state index in [1.807, 2.05) is 6.92 Å². The SMILES string of the molecule is CCc1nnc(COc2cccnc2Cl)o1. The number of pyridine rings is 1. The van der Waals surface area contributed by atoms with Gasteiger partial charge in [-0.1, -0.05) is 18.5 Å². The maximum absolute atomic E-state index is 5.82. The van der Waals surface area contributed by atoms with Crippen molar-refractivity contribution in [3.05, 3.63) is 35.3 Å². The zero-order valence-electron chi connectivity index (χ0n) is 8.68. The van der Waals surface area contributed by atoms with Gasteiger partial charge in [-0.2, -0.15) is 0 Å². The molecule has 0 saturated heterocycles. The van der Waals surface area contributed by atoms with E-state index in [9.17, 15) is 0 Å². The molecule has 0 amide bonds. The van der Waals surface area contributed by atoms with Gasteiger partial charge in [0.25, 0.3) is 5.89 Å². The summed E-state index contributed by atoms with van der Waals surface area (Å²) in [6.45, 7) is 2.13. The van der Waals surface area contributed by atoms with Crippen LogP contribution < -0.4 is 4.74 Å². The second kappa shape index (κ2) is 4.94. The van der Waals surface area contributed by atoms with Crippen LogP contribution in [0.2, 0.25) is 5.15 Å². The summed E-state index contributed by atoms with van der Waals surface area (Å²) in [4.78, 5) is 3.89. The van der Waals surface area contributed by atoms with Crippen LogP contribution in [0.3, 0.4) is 0 Å². The van der Waals surface area contributed by atoms with E-state index in [0.717, 1.165) is 0 Å². The fraction of sp³-hybridized carbons (Fsp3) is 0.300. The monoisotopic (exact) mass is 239 g/mol. The molecule has 0 spiro atoms. The number of hydrogen-bond acceptors (Lipinski definition) is 5. The highest BCUT2D eigenvalue weighted by atomic mass is 35.5. The summed E-state index contributed by atoms with van der Waals surface area (Å²) in [5.74, 6) is 1.52. The lowest BCUT2D eigenvalue weighted by Crippen LogP contribution is -1.96. The van der Waals surface area contributed by atoms with Crippen molar-refractivity contribution in [3.8, 4) is 5.75 Å². The van der Waals surface area contributed by atoms with Crippen LogP contribution in [0.4, 0.5) is 0 Å². The van der Waals surface area contributed by atoms with Gasteiger partial charge in [0.05, 0.1) is 0 Å². The van der Waals surface area contributed by atoms with E-state index in [-0.39, 0.29) is 6.61 Å². The third-order valence-electron chi connectivity index (χ3n) is 1.89. The number of aromatic nitrogens is 3. The normalized spacial score (nSPS) is 10.4. The lowest BCUT2D eigenvalue weighted by molar-refractivity contribution is 0.258. The topological polar surface area (TPSA) is 61.0 Å². The molecule has 0 atom stereocenters. The molecule has 6 heteroatoms. The van der Waals surface area contributed by atoms with Gasteiger partial charge >= 0.3 is 0 Å². The van der Waals surface area contributed by atoms with E-state index < -0.39 is 0 Å². The van der Waals surface area contributed by atoms with Crippen molar-refractivity contribution in [2.24, 2.45) is 0 Å². The predicted octanol–water partition coefficient (Wildman–Crippen LogP) is 2.26. The predicted molar refractivity (Wildman–Crippen MR) is 57.3 cm³/mol. The summed E-state index contributed by atoms with van der Waals surface area (Å²) in [5, 5.41) is 7.97. The Hall–Kier alpha value is -1.62. The van der Waals surface area contributed by atoms with Gasteiger partial charge in [0.1, 0.15) is 0 Å². The molecule has 0 bridgehead atoms. The Bertz CT molecular complexity index is 473. The van der Waals surface area contributed by atoms with Crippen LogP contribution in [-0.4, -0.2) is 15.2 Å². The van der Waals surface area contributed by atoms with Crippen LogP contribution in [-0.2, 0) is 13.0 Å². The van der Waals surface area contributed by atoms with Crippen molar-refractivity contribution < 1.29 is 9.15 Å². The molecule has 0 aliphatic carbocycles. The quantitative estimate of drug-likeness (QED) is 0.766. The molecule has 0 saturated carbocycles. The first kappa shape index (κ1) is 10.9. The molecular formula is C10H10ClN3O2. The van der Waals surface area contributed by atoms with Crippen LogP contribution in [0.5, 0.6) is 5.75 Å². The minimum atomic E-state index is 0.193. The van der Waals surface area contributed by atoms with E-state index in [0.29, 0.717) is 29.1 Å². The minimum Gasteiger partial charge on any atom is -0.481 e. The first-order valence-electron chi connectivity index (χ1n) is 4.84. The van der Waals surface area contributed by atoms with Crippen LogP contribution in [0, 0.1) is 0 Å². The Labute approximate surface area is 97.4 Å². The molecule has 0 aliphatic rings. The maximum Gasteiger partial charge on any atom is 0.253 e. The molecule has 0 fully saturated rings. The largest absolute Gasteiger partial charge is 0.481 e. The van der Waals surface area contributed by atoms with E-state index in [1.165, 1.54) is 0 Å². The van der Waals surface area contributed by atoms with Crippen molar-refractivity contribution in [2.45, 2.75) is 20.0 Å². The lowest BCUT2D eigenvalue weighted by Gasteiger charge is -2.03. The number of nitrogens with zero attached hydrogens (tertiary/aromatic N) is 3. The number of ether oxygens (including phenoxy) is 1. The summed E-state index contributed by atoms with van der Waals surface area (Å²) in [6.07, 6.45) is 2.30. The van der Waals surface area contributed by atoms with Crippen molar-refractivity contribution >= 4 is 11.6 Å². The molecule has 0 N–H and O–H groups in total. The van der Waals surface area contributed by atoms with Gasteiger partial charge in [0, 0.05) is 12.6 Å². The van der Waals surface area contributed by atoms with Gasteiger partial charge < -0.3 is 9.15 Å². The standard InChI is InChI=1S/C10H10ClN3O2/c1-2-8-13-14-9(16-8)6-15-7-4-3-5-12-10(7)11/h3-5H,2,6H2,1H3. The van der Waals surface area contributed by atoms with Gasteiger partial charge in [0.2, 0.25) is 5.89 Å². The fourth-order valence-electron chi connectivity index (χ4n) is 1.11. The van der Waals surface area contributed by atoms with E-state index in [2.05, 4.69) is 15.2 Å². The van der Waals surface area contributed by atoms with E-state index in [4.69, 9.17) is 20.8 Å². The van der Waals surface area contributed by atoms with Crippen LogP contribution in [0.15, 0.2) is 22.7 Å². The molecule has 0 unspecified atom stereocenters. The highest BCUT2D eigenvalue weighted by Gasteiger charge is 2.06. The lowest BCUT2D eigenvalue weighted by atomic mass is 10.5. The molecule has 2 aromatic heterocycles. The molecule has 16 heavy (non-hydrogen) atoms. The Morgan fingerprint density at radius 1 is 1.38 bits per heavy atom. The highest BCUT2D eigenvalue weighted by molar-refractivity contribution is 6.30. The zero-order chi connectivity index (χ0) is 11.4. The molecule has 2 rings (SSSR count). The average molecular weight is 240 g/mol. The third-order valence-corrected chi connectivity index (χ3v) is 2.17. The summed E-state index contributed by atoms with van der Waals surface area (Å²) in [5.41, 5.74) is 0. The summed E-state index contributed by atoms with van der Waals surface area (Å²) < 4.78 is 10.7. The van der Waals surface area contributed by atoms with Gasteiger partial charge in [-0.25, -0.2) is 4.98 Å². The van der Waals surface area contributed by atoms with Crippen molar-refractivity contribution in [3.63, 3.8) is 0 Å². The van der Waals surface area contributed by atoms with E-state index >= 15 is 0 Å². The molecule has 0 aliphatic heterocycles. The van der Waals surface area contributed by atoms with Crippen molar-refractivity contribution in [2.75, 3.05) is 0 Å². The highest BCUT2D eigenvalue weighted by Crippen LogP contribution is 2.21. The first-order chi connectivity index (χ1) is 7.79. The van der Waals surface area contributed by atoms with Gasteiger partial charge in [-0.3, -0.25) is 0 Å². The Morgan fingerprint density at radius 2 is 2.19 bits per heavy atom. The Morgan fingerprint density at radius 3 is 2.88 bits per heavy atom. The van der Waals surface area contributed by atoms with Crippen LogP contribution in [0.1, 0.15) is 18.7 Å². The van der Waals surface area contributed by atoms with Gasteiger partial charge in [-0.05, 0) is 12.1 Å². The van der Waals surface area contributed by atoms with Crippen molar-refractivity contribution in [1.82, 2.24) is 15.2 Å². The molecule has 0 radical (unpaired) electrons. The average Bonchev–Trinajstić information content (AvgIpc) is 2.76. The summed E-state index contributed by atoms with van der Waals surface area (Å²) >= 11 is 5.82. The number of halogens is 1. The first-order valence-corrected chi connectivity index (χ1v) is 5.22. The summed E-state index contributed by atoms with van der Waals surface area (Å²) in [7, 11) is 0. The smallest absolute Gasteiger partial charge is 0.253 e. The molecule has 0 aromatic carbocycles. The molecule has 84 valence electrons. The van der Waals surface area contributed by atoms with Crippen LogP contribution >= 0.6 is 11.6 Å². The van der Waals surface area contributed by atoms with Gasteiger partial charge in [-0.15, -0.1) is 10.2 Å². The second-order valence-corrected chi connectivity index (χ2v) is 3.38. The zero-order valence-corrected chi connectivity index (χ0v) is 9.44. The van der Waals surface area contributed by atoms with E-state index in [1.54, 1.807) is 18.3 Å². The number of hydrogen-bond donors (Lipinski definition) is 0. The molecular weight excluding hydrogens is 230 g/mol.